The zero-order valence-electron chi connectivity index (χ0n) is 14.2. The standard InChI is InChI=1S/C17H18N2O6S/c1-26(22,23)24-10-13-9-19(17(21)25-13)12-4-5-14-11(7-12)8-15-16(20)3-2-6-18(14)15/h4-5,7-8,13H,2-3,6,9-10H2,1H3/t13-/m1/s1. The number of rotatable bonds is 4. The van der Waals surface area contributed by atoms with Gasteiger partial charge in [0, 0.05) is 29.6 Å². The Morgan fingerprint density at radius 2 is 2.08 bits per heavy atom. The first-order valence-corrected chi connectivity index (χ1v) is 10.1. The summed E-state index contributed by atoms with van der Waals surface area (Å²) in [7, 11) is -3.59. The highest BCUT2D eigenvalue weighted by atomic mass is 32.2. The normalized spacial score (nSPS) is 20.5. The van der Waals surface area contributed by atoms with Crippen molar-refractivity contribution in [2.24, 2.45) is 0 Å². The van der Waals surface area contributed by atoms with E-state index in [1.807, 2.05) is 22.8 Å². The van der Waals surface area contributed by atoms with Crippen molar-refractivity contribution in [3.05, 3.63) is 30.0 Å². The van der Waals surface area contributed by atoms with E-state index in [0.29, 0.717) is 17.8 Å². The van der Waals surface area contributed by atoms with Gasteiger partial charge in [-0.15, -0.1) is 0 Å². The molecule has 0 N–H and O–H groups in total. The molecule has 2 aromatic rings. The van der Waals surface area contributed by atoms with E-state index in [1.165, 1.54) is 4.90 Å². The van der Waals surface area contributed by atoms with Crippen LogP contribution in [0.15, 0.2) is 24.3 Å². The van der Waals surface area contributed by atoms with Gasteiger partial charge in [-0.05, 0) is 30.7 Å². The van der Waals surface area contributed by atoms with E-state index in [2.05, 4.69) is 0 Å². The van der Waals surface area contributed by atoms with Gasteiger partial charge in [-0.1, -0.05) is 0 Å². The van der Waals surface area contributed by atoms with Gasteiger partial charge in [-0.25, -0.2) is 4.79 Å². The lowest BCUT2D eigenvalue weighted by Gasteiger charge is -2.15. The van der Waals surface area contributed by atoms with E-state index < -0.39 is 22.3 Å². The van der Waals surface area contributed by atoms with Crippen LogP contribution in [0.1, 0.15) is 23.3 Å². The first kappa shape index (κ1) is 17.0. The van der Waals surface area contributed by atoms with Crippen LogP contribution in [0.2, 0.25) is 0 Å². The van der Waals surface area contributed by atoms with Crippen molar-refractivity contribution in [1.29, 1.82) is 0 Å². The molecule has 1 aromatic heterocycles. The highest BCUT2D eigenvalue weighted by molar-refractivity contribution is 7.85. The molecule has 2 aliphatic rings. The maximum atomic E-state index is 12.1. The van der Waals surface area contributed by atoms with E-state index in [-0.39, 0.29) is 18.9 Å². The van der Waals surface area contributed by atoms with Crippen molar-refractivity contribution in [3.63, 3.8) is 0 Å². The van der Waals surface area contributed by atoms with Crippen LogP contribution in [0.4, 0.5) is 10.5 Å². The molecule has 9 heteroatoms. The number of amides is 1. The number of carbonyl (C=O) groups excluding carboxylic acids is 2. The Labute approximate surface area is 150 Å². The Hall–Kier alpha value is -2.39. The van der Waals surface area contributed by atoms with Gasteiger partial charge in [0.25, 0.3) is 10.1 Å². The second-order valence-corrected chi connectivity index (χ2v) is 8.20. The molecule has 1 saturated heterocycles. The van der Waals surface area contributed by atoms with E-state index in [1.54, 1.807) is 6.07 Å². The number of aryl methyl sites for hydroxylation is 1. The van der Waals surface area contributed by atoms with Crippen LogP contribution in [0, 0.1) is 0 Å². The van der Waals surface area contributed by atoms with Gasteiger partial charge >= 0.3 is 6.09 Å². The molecule has 0 unspecified atom stereocenters. The van der Waals surface area contributed by atoms with Gasteiger partial charge in [0.05, 0.1) is 18.5 Å². The highest BCUT2D eigenvalue weighted by Crippen LogP contribution is 2.30. The van der Waals surface area contributed by atoms with Crippen LogP contribution in [0.3, 0.4) is 0 Å². The second kappa shape index (κ2) is 6.10. The third kappa shape index (κ3) is 3.08. The molecular formula is C17H18N2O6S. The Morgan fingerprint density at radius 3 is 2.85 bits per heavy atom. The molecular weight excluding hydrogens is 360 g/mol. The molecule has 1 amide bonds. The van der Waals surface area contributed by atoms with Gasteiger partial charge < -0.3 is 9.30 Å². The van der Waals surface area contributed by atoms with Crippen molar-refractivity contribution in [3.8, 4) is 0 Å². The van der Waals surface area contributed by atoms with Gasteiger partial charge in [0.15, 0.2) is 5.78 Å². The third-order valence-corrected chi connectivity index (χ3v) is 5.17. The fraction of sp³-hybridized carbons (Fsp3) is 0.412. The SMILES string of the molecule is CS(=O)(=O)OC[C@H]1CN(c2ccc3c(c2)cc2n3CCCC2=O)C(=O)O1. The van der Waals surface area contributed by atoms with Crippen LogP contribution in [0.25, 0.3) is 10.9 Å². The molecule has 1 aromatic carbocycles. The number of carbonyl (C=O) groups is 2. The lowest BCUT2D eigenvalue weighted by molar-refractivity contribution is 0.0956. The number of ether oxygens (including phenoxy) is 1. The molecule has 0 radical (unpaired) electrons. The summed E-state index contributed by atoms with van der Waals surface area (Å²) < 4.78 is 34.1. The van der Waals surface area contributed by atoms with E-state index in [4.69, 9.17) is 8.92 Å². The number of hydrogen-bond donors (Lipinski definition) is 0. The zero-order valence-corrected chi connectivity index (χ0v) is 15.0. The molecule has 26 heavy (non-hydrogen) atoms. The Bertz CT molecular complexity index is 1010. The molecule has 0 spiro atoms. The number of aromatic nitrogens is 1. The largest absolute Gasteiger partial charge is 0.441 e. The number of benzene rings is 1. The number of nitrogens with zero attached hydrogens (tertiary/aromatic N) is 2. The smallest absolute Gasteiger partial charge is 0.414 e. The molecule has 3 heterocycles. The van der Waals surface area contributed by atoms with Crippen LogP contribution in [-0.4, -0.2) is 50.4 Å². The van der Waals surface area contributed by atoms with E-state index in [9.17, 15) is 18.0 Å². The van der Waals surface area contributed by atoms with Gasteiger partial charge in [-0.2, -0.15) is 8.42 Å². The number of anilines is 1. The molecule has 1 fully saturated rings. The summed E-state index contributed by atoms with van der Waals surface area (Å²) in [5, 5.41) is 0.886. The molecule has 8 nitrogen and oxygen atoms in total. The fourth-order valence-electron chi connectivity index (χ4n) is 3.44. The zero-order chi connectivity index (χ0) is 18.5. The van der Waals surface area contributed by atoms with Crippen molar-refractivity contribution < 1.29 is 26.9 Å². The van der Waals surface area contributed by atoms with Gasteiger partial charge in [0.2, 0.25) is 0 Å². The summed E-state index contributed by atoms with van der Waals surface area (Å²) in [5.74, 6) is 0.132. The molecule has 0 aliphatic carbocycles. The van der Waals surface area contributed by atoms with Crippen LogP contribution < -0.4 is 4.90 Å². The first-order chi connectivity index (χ1) is 12.3. The maximum absolute atomic E-state index is 12.1. The monoisotopic (exact) mass is 378 g/mol. The fourth-order valence-corrected chi connectivity index (χ4v) is 3.84. The summed E-state index contributed by atoms with van der Waals surface area (Å²) in [5.41, 5.74) is 2.30. The molecule has 138 valence electrons. The van der Waals surface area contributed by atoms with Crippen LogP contribution in [-0.2, 0) is 25.6 Å². The number of hydrogen-bond acceptors (Lipinski definition) is 6. The number of Topliss-reactive ketones (excluding diaryl/α,β-unsaturated/α-hetero) is 1. The van der Waals surface area contributed by atoms with E-state index in [0.717, 1.165) is 30.1 Å². The van der Waals surface area contributed by atoms with Crippen LogP contribution in [0.5, 0.6) is 0 Å². The summed E-state index contributed by atoms with van der Waals surface area (Å²) >= 11 is 0. The minimum Gasteiger partial charge on any atom is -0.441 e. The van der Waals surface area contributed by atoms with Crippen molar-refractivity contribution in [2.45, 2.75) is 25.5 Å². The van der Waals surface area contributed by atoms with Crippen LogP contribution >= 0.6 is 0 Å². The quantitative estimate of drug-likeness (QED) is 0.755. The lowest BCUT2D eigenvalue weighted by Crippen LogP contribution is -2.26. The van der Waals surface area contributed by atoms with Crippen molar-refractivity contribution in [1.82, 2.24) is 4.57 Å². The Balaban J connectivity index is 1.59. The minimum absolute atomic E-state index is 0.132. The predicted molar refractivity (Wildman–Crippen MR) is 93.9 cm³/mol. The maximum Gasteiger partial charge on any atom is 0.414 e. The van der Waals surface area contributed by atoms with Gasteiger partial charge in [0.1, 0.15) is 12.7 Å². The first-order valence-electron chi connectivity index (χ1n) is 8.31. The highest BCUT2D eigenvalue weighted by Gasteiger charge is 2.33. The third-order valence-electron chi connectivity index (χ3n) is 4.61. The Kier molecular flexibility index (Phi) is 4.00. The number of fused-ring (bicyclic) bond motifs is 3. The lowest BCUT2D eigenvalue weighted by atomic mass is 10.1. The molecule has 1 atom stereocenters. The van der Waals surface area contributed by atoms with Crippen molar-refractivity contribution in [2.75, 3.05) is 24.3 Å². The molecule has 0 saturated carbocycles. The summed E-state index contributed by atoms with van der Waals surface area (Å²) in [6.07, 6.45) is 1.14. The molecule has 4 rings (SSSR count). The van der Waals surface area contributed by atoms with Crippen molar-refractivity contribution >= 4 is 38.6 Å². The topological polar surface area (TPSA) is 94.9 Å². The molecule has 2 aliphatic heterocycles. The van der Waals surface area contributed by atoms with E-state index >= 15 is 0 Å². The number of cyclic esters (lactones) is 1. The Morgan fingerprint density at radius 1 is 1.27 bits per heavy atom. The predicted octanol–water partition coefficient (Wildman–Crippen LogP) is 1.92. The summed E-state index contributed by atoms with van der Waals surface area (Å²) in [4.78, 5) is 25.6. The summed E-state index contributed by atoms with van der Waals surface area (Å²) in [6.45, 7) is 0.797. The molecule has 0 bridgehead atoms. The average Bonchev–Trinajstić information content (AvgIpc) is 3.13. The number of ketones is 1. The van der Waals surface area contributed by atoms with Gasteiger partial charge in [-0.3, -0.25) is 13.9 Å². The average molecular weight is 378 g/mol. The summed E-state index contributed by atoms with van der Waals surface area (Å²) in [6, 6.07) is 7.39. The second-order valence-electron chi connectivity index (χ2n) is 6.56. The minimum atomic E-state index is -3.59.